The van der Waals surface area contributed by atoms with E-state index >= 15 is 0 Å². The average Bonchev–Trinajstić information content (AvgIpc) is 1.67. The lowest BCUT2D eigenvalue weighted by Gasteiger charge is -2.30. The maximum absolute atomic E-state index is 2.24. The highest BCUT2D eigenvalue weighted by molar-refractivity contribution is 5.75. The first kappa shape index (κ1) is 11.9. The Bertz CT molecular complexity index is 69.3. The maximum Gasteiger partial charge on any atom is 0.0144 e. The number of hydrogen-bond donors (Lipinski definition) is 0. The smallest absolute Gasteiger partial charge is 0.0144 e. The zero-order chi connectivity index (χ0) is 6.78. The van der Waals surface area contributed by atoms with Gasteiger partial charge < -0.3 is 4.90 Å². The Morgan fingerprint density at radius 2 is 1.56 bits per heavy atom. The topological polar surface area (TPSA) is 3.24 Å². The molecule has 58 valence electrons. The highest BCUT2D eigenvalue weighted by Gasteiger charge is 2.16. The summed E-state index contributed by atoms with van der Waals surface area (Å²) in [5, 5.41) is 0. The van der Waals surface area contributed by atoms with Gasteiger partial charge in [-0.25, -0.2) is 0 Å². The van der Waals surface area contributed by atoms with Crippen LogP contribution in [0.15, 0.2) is 0 Å². The fourth-order valence-corrected chi connectivity index (χ4v) is 0.316. The summed E-state index contributed by atoms with van der Waals surface area (Å²) in [5.41, 5.74) is 0.375. The summed E-state index contributed by atoms with van der Waals surface area (Å²) in [6.45, 7) is 6.69. The molecule has 0 aliphatic rings. The van der Waals surface area contributed by atoms with Gasteiger partial charge in [-0.3, -0.25) is 0 Å². The van der Waals surface area contributed by atoms with Crippen LogP contribution < -0.4 is 0 Å². The van der Waals surface area contributed by atoms with Crippen molar-refractivity contribution in [3.05, 3.63) is 0 Å². The molecule has 0 unspecified atom stereocenters. The van der Waals surface area contributed by atoms with E-state index in [4.69, 9.17) is 0 Å². The van der Waals surface area contributed by atoms with Crippen molar-refractivity contribution in [2.45, 2.75) is 32.7 Å². The molecule has 0 spiro atoms. The minimum Gasteiger partial charge on any atom is -0.304 e. The SMILES string of the molecule is CCC(C)(C)N(C)C.[SiH4]. The Labute approximate surface area is 63.5 Å². The van der Waals surface area contributed by atoms with Crippen molar-refractivity contribution < 1.29 is 0 Å². The molecule has 0 amide bonds. The molecule has 0 aliphatic heterocycles. The Hall–Kier alpha value is 0.177. The molecule has 1 nitrogen and oxygen atoms in total. The zero-order valence-corrected chi connectivity index (χ0v) is 6.65. The van der Waals surface area contributed by atoms with Crippen molar-refractivity contribution in [3.8, 4) is 0 Å². The van der Waals surface area contributed by atoms with E-state index in [1.165, 1.54) is 6.42 Å². The number of hydrogen-bond acceptors (Lipinski definition) is 1. The van der Waals surface area contributed by atoms with E-state index in [-0.39, 0.29) is 11.0 Å². The van der Waals surface area contributed by atoms with E-state index in [1.807, 2.05) is 0 Å². The minimum absolute atomic E-state index is 0. The summed E-state index contributed by atoms with van der Waals surface area (Å²) in [4.78, 5) is 2.24. The first-order valence-electron chi connectivity index (χ1n) is 3.18. The number of rotatable bonds is 2. The molecule has 0 fully saturated rings. The van der Waals surface area contributed by atoms with E-state index in [1.54, 1.807) is 0 Å². The molecule has 0 aromatic heterocycles. The van der Waals surface area contributed by atoms with Crippen LogP contribution in [-0.4, -0.2) is 35.5 Å². The van der Waals surface area contributed by atoms with Crippen molar-refractivity contribution in [2.75, 3.05) is 14.1 Å². The van der Waals surface area contributed by atoms with Gasteiger partial charge >= 0.3 is 0 Å². The molecule has 0 saturated carbocycles. The van der Waals surface area contributed by atoms with Gasteiger partial charge in [0.2, 0.25) is 0 Å². The molecule has 0 saturated heterocycles. The third kappa shape index (κ3) is 3.70. The van der Waals surface area contributed by atoms with E-state index in [2.05, 4.69) is 39.8 Å². The Morgan fingerprint density at radius 1 is 1.22 bits per heavy atom. The van der Waals surface area contributed by atoms with Crippen LogP contribution in [0.25, 0.3) is 0 Å². The molecule has 0 atom stereocenters. The highest BCUT2D eigenvalue weighted by atomic mass is 28.1. The Balaban J connectivity index is 0. The van der Waals surface area contributed by atoms with E-state index in [9.17, 15) is 0 Å². The maximum atomic E-state index is 2.24. The van der Waals surface area contributed by atoms with Crippen LogP contribution in [0.3, 0.4) is 0 Å². The second-order valence-electron chi connectivity index (χ2n) is 3.06. The summed E-state index contributed by atoms with van der Waals surface area (Å²) in [7, 11) is 4.23. The van der Waals surface area contributed by atoms with Gasteiger partial charge in [-0.2, -0.15) is 0 Å². The van der Waals surface area contributed by atoms with Gasteiger partial charge in [0.05, 0.1) is 0 Å². The molecule has 0 radical (unpaired) electrons. The molecule has 9 heavy (non-hydrogen) atoms. The fraction of sp³-hybridized carbons (Fsp3) is 1.00. The molecule has 0 bridgehead atoms. The second-order valence-corrected chi connectivity index (χ2v) is 3.06. The van der Waals surface area contributed by atoms with Crippen LogP contribution in [-0.2, 0) is 0 Å². The summed E-state index contributed by atoms with van der Waals surface area (Å²) < 4.78 is 0. The molecule has 0 rings (SSSR count). The van der Waals surface area contributed by atoms with Crippen LogP contribution >= 0.6 is 0 Å². The van der Waals surface area contributed by atoms with Gasteiger partial charge in [0.25, 0.3) is 0 Å². The Morgan fingerprint density at radius 3 is 1.56 bits per heavy atom. The Kier molecular flexibility index (Phi) is 5.38. The molecule has 0 heterocycles. The molecule has 0 N–H and O–H groups in total. The van der Waals surface area contributed by atoms with Gasteiger partial charge in [0, 0.05) is 5.54 Å². The van der Waals surface area contributed by atoms with Crippen molar-refractivity contribution in [2.24, 2.45) is 0 Å². The van der Waals surface area contributed by atoms with E-state index in [0.29, 0.717) is 5.54 Å². The molecule has 2 heteroatoms. The fourth-order valence-electron chi connectivity index (χ4n) is 0.316. The summed E-state index contributed by atoms with van der Waals surface area (Å²) >= 11 is 0. The van der Waals surface area contributed by atoms with Crippen molar-refractivity contribution in [1.82, 2.24) is 4.90 Å². The van der Waals surface area contributed by atoms with E-state index in [0.717, 1.165) is 0 Å². The van der Waals surface area contributed by atoms with Crippen molar-refractivity contribution in [3.63, 3.8) is 0 Å². The van der Waals surface area contributed by atoms with E-state index < -0.39 is 0 Å². The lowest BCUT2D eigenvalue weighted by Crippen LogP contribution is -2.36. The van der Waals surface area contributed by atoms with Gasteiger partial charge in [-0.15, -0.1) is 0 Å². The molecular formula is C7H21NSi. The molecule has 0 aromatic carbocycles. The third-order valence-corrected chi connectivity index (χ3v) is 2.08. The van der Waals surface area contributed by atoms with Gasteiger partial charge in [0.15, 0.2) is 0 Å². The van der Waals surface area contributed by atoms with Gasteiger partial charge in [0.1, 0.15) is 0 Å². The van der Waals surface area contributed by atoms with Crippen LogP contribution in [0, 0.1) is 0 Å². The molecule has 0 aromatic rings. The largest absolute Gasteiger partial charge is 0.304 e. The van der Waals surface area contributed by atoms with Gasteiger partial charge in [-0.05, 0) is 45.3 Å². The minimum atomic E-state index is 0. The lowest BCUT2D eigenvalue weighted by atomic mass is 10.0. The predicted molar refractivity (Wildman–Crippen MR) is 49.4 cm³/mol. The summed E-state index contributed by atoms with van der Waals surface area (Å²) in [5.74, 6) is 0. The van der Waals surface area contributed by atoms with Crippen LogP contribution in [0.1, 0.15) is 27.2 Å². The van der Waals surface area contributed by atoms with Gasteiger partial charge in [-0.1, -0.05) is 6.92 Å². The lowest BCUT2D eigenvalue weighted by molar-refractivity contribution is 0.189. The quantitative estimate of drug-likeness (QED) is 0.507. The molecular weight excluding hydrogens is 126 g/mol. The average molecular weight is 147 g/mol. The van der Waals surface area contributed by atoms with Crippen LogP contribution in [0.2, 0.25) is 0 Å². The van der Waals surface area contributed by atoms with Crippen molar-refractivity contribution in [1.29, 1.82) is 0 Å². The monoisotopic (exact) mass is 147 g/mol. The standard InChI is InChI=1S/C7H17N.H4Si/c1-6-7(2,3)8(4)5;/h6H2,1-5H3;1H4. The number of nitrogens with zero attached hydrogens (tertiary/aromatic N) is 1. The highest BCUT2D eigenvalue weighted by Crippen LogP contribution is 2.12. The summed E-state index contributed by atoms with van der Waals surface area (Å²) in [6.07, 6.45) is 1.21. The zero-order valence-electron chi connectivity index (χ0n) is 6.65. The second kappa shape index (κ2) is 4.07. The van der Waals surface area contributed by atoms with Crippen molar-refractivity contribution >= 4 is 11.0 Å². The summed E-state index contributed by atoms with van der Waals surface area (Å²) in [6, 6.07) is 0. The molecule has 0 aliphatic carbocycles. The van der Waals surface area contributed by atoms with Crippen LogP contribution in [0.4, 0.5) is 0 Å². The third-order valence-electron chi connectivity index (χ3n) is 2.08. The van der Waals surface area contributed by atoms with Crippen LogP contribution in [0.5, 0.6) is 0 Å². The normalized spacial score (nSPS) is 11.3. The predicted octanol–water partition coefficient (Wildman–Crippen LogP) is 0.285. The first-order chi connectivity index (χ1) is 3.50. The first-order valence-corrected chi connectivity index (χ1v) is 3.18.